The second-order valence-electron chi connectivity index (χ2n) is 6.82. The maximum atomic E-state index is 14.5. The van der Waals surface area contributed by atoms with E-state index in [9.17, 15) is 26.7 Å². The molecule has 1 aliphatic heterocycles. The highest BCUT2D eigenvalue weighted by Gasteiger charge is 2.37. The van der Waals surface area contributed by atoms with Crippen molar-refractivity contribution in [2.24, 2.45) is 10.7 Å². The van der Waals surface area contributed by atoms with Crippen molar-refractivity contribution in [2.75, 3.05) is 12.0 Å². The SMILES string of the molecule is C[C@@]1(c2cc(NC(=O)c3ncc(C#N)cc3C(F)(F)F)ccc2F)C=C(CF)OC(N)=N1. The van der Waals surface area contributed by atoms with Crippen molar-refractivity contribution in [3.63, 3.8) is 0 Å². The van der Waals surface area contributed by atoms with Crippen molar-refractivity contribution in [1.82, 2.24) is 4.98 Å². The lowest BCUT2D eigenvalue weighted by Gasteiger charge is -2.28. The summed E-state index contributed by atoms with van der Waals surface area (Å²) in [7, 11) is 0. The number of pyridine rings is 1. The molecule has 2 heterocycles. The summed E-state index contributed by atoms with van der Waals surface area (Å²) in [6.07, 6.45) is -2.93. The maximum absolute atomic E-state index is 14.5. The molecular weight excluding hydrogens is 437 g/mol. The molecule has 12 heteroatoms. The monoisotopic (exact) mass is 451 g/mol. The van der Waals surface area contributed by atoms with Gasteiger partial charge in [-0.15, -0.1) is 0 Å². The molecule has 0 spiro atoms. The van der Waals surface area contributed by atoms with Crippen molar-refractivity contribution in [3.8, 4) is 6.07 Å². The second-order valence-corrected chi connectivity index (χ2v) is 6.82. The molecule has 7 nitrogen and oxygen atoms in total. The largest absolute Gasteiger partial charge is 0.428 e. The van der Waals surface area contributed by atoms with Crippen LogP contribution in [0.15, 0.2) is 47.3 Å². The first kappa shape index (κ1) is 22.7. The highest BCUT2D eigenvalue weighted by molar-refractivity contribution is 6.04. The molecule has 0 radical (unpaired) electrons. The van der Waals surface area contributed by atoms with Crippen LogP contribution in [0.25, 0.3) is 0 Å². The third kappa shape index (κ3) is 4.51. The fourth-order valence-corrected chi connectivity index (χ4v) is 3.07. The molecule has 1 aromatic carbocycles. The number of aliphatic imine (C=N–C) groups is 1. The zero-order valence-corrected chi connectivity index (χ0v) is 16.3. The molecule has 0 aliphatic carbocycles. The number of alkyl halides is 4. The van der Waals surface area contributed by atoms with Crippen LogP contribution in [0.1, 0.15) is 34.1 Å². The number of anilines is 1. The summed E-state index contributed by atoms with van der Waals surface area (Å²) in [4.78, 5) is 19.9. The minimum absolute atomic E-state index is 0.0811. The number of benzene rings is 1. The maximum Gasteiger partial charge on any atom is 0.418 e. The van der Waals surface area contributed by atoms with E-state index in [1.807, 2.05) is 0 Å². The summed E-state index contributed by atoms with van der Waals surface area (Å²) >= 11 is 0. The Bertz CT molecular complexity index is 1190. The predicted octanol–water partition coefficient (Wildman–Crippen LogP) is 3.78. The number of hydrogen-bond donors (Lipinski definition) is 2. The fourth-order valence-electron chi connectivity index (χ4n) is 3.07. The zero-order valence-electron chi connectivity index (χ0n) is 16.3. The van der Waals surface area contributed by atoms with Crippen LogP contribution < -0.4 is 11.1 Å². The topological polar surface area (TPSA) is 113 Å². The van der Waals surface area contributed by atoms with Crippen LogP contribution in [0.4, 0.5) is 27.6 Å². The van der Waals surface area contributed by atoms with Crippen LogP contribution in [-0.4, -0.2) is 23.6 Å². The van der Waals surface area contributed by atoms with E-state index < -0.39 is 47.4 Å². The third-order valence-corrected chi connectivity index (χ3v) is 4.46. The number of amidine groups is 1. The molecule has 3 rings (SSSR count). The number of hydrogen-bond acceptors (Lipinski definition) is 6. The van der Waals surface area contributed by atoms with Gasteiger partial charge in [-0.2, -0.15) is 18.4 Å². The van der Waals surface area contributed by atoms with E-state index in [4.69, 9.17) is 15.7 Å². The summed E-state index contributed by atoms with van der Waals surface area (Å²) in [5.41, 5.74) is 1.05. The summed E-state index contributed by atoms with van der Waals surface area (Å²) in [5.74, 6) is -2.23. The van der Waals surface area contributed by atoms with Gasteiger partial charge in [-0.1, -0.05) is 0 Å². The number of allylic oxidation sites excluding steroid dienone is 1. The normalized spacial score (nSPS) is 18.2. The quantitative estimate of drug-likeness (QED) is 0.687. The van der Waals surface area contributed by atoms with Crippen LogP contribution in [0.3, 0.4) is 0 Å². The minimum atomic E-state index is -4.95. The van der Waals surface area contributed by atoms with Crippen LogP contribution in [-0.2, 0) is 16.5 Å². The molecule has 1 aromatic heterocycles. The Morgan fingerprint density at radius 3 is 2.69 bits per heavy atom. The lowest BCUT2D eigenvalue weighted by molar-refractivity contribution is -0.138. The Morgan fingerprint density at radius 2 is 2.06 bits per heavy atom. The van der Waals surface area contributed by atoms with Crippen LogP contribution in [0.2, 0.25) is 0 Å². The van der Waals surface area contributed by atoms with Crippen molar-refractivity contribution < 1.29 is 31.5 Å². The highest BCUT2D eigenvalue weighted by atomic mass is 19.4. The Balaban J connectivity index is 1.99. The van der Waals surface area contributed by atoms with Gasteiger partial charge in [0.25, 0.3) is 11.9 Å². The predicted molar refractivity (Wildman–Crippen MR) is 102 cm³/mol. The molecule has 1 amide bonds. The Labute approximate surface area is 178 Å². The number of halogens is 5. The molecule has 0 saturated carbocycles. The number of carbonyl (C=O) groups is 1. The molecule has 32 heavy (non-hydrogen) atoms. The highest BCUT2D eigenvalue weighted by Crippen LogP contribution is 2.36. The van der Waals surface area contributed by atoms with Crippen LogP contribution in [0, 0.1) is 17.1 Å². The lowest BCUT2D eigenvalue weighted by Crippen LogP contribution is -2.31. The minimum Gasteiger partial charge on any atom is -0.428 e. The smallest absolute Gasteiger partial charge is 0.418 e. The van der Waals surface area contributed by atoms with Gasteiger partial charge in [-0.25, -0.2) is 18.8 Å². The average Bonchev–Trinajstić information content (AvgIpc) is 2.73. The van der Waals surface area contributed by atoms with Gasteiger partial charge < -0.3 is 15.8 Å². The molecule has 0 fully saturated rings. The number of carbonyl (C=O) groups excluding carboxylic acids is 1. The first-order chi connectivity index (χ1) is 15.0. The number of amides is 1. The zero-order chi connectivity index (χ0) is 23.7. The number of nitrogens with two attached hydrogens (primary N) is 1. The van der Waals surface area contributed by atoms with E-state index in [1.54, 1.807) is 0 Å². The van der Waals surface area contributed by atoms with Gasteiger partial charge in [0, 0.05) is 17.4 Å². The van der Waals surface area contributed by atoms with E-state index in [1.165, 1.54) is 19.1 Å². The second kappa shape index (κ2) is 8.26. The molecule has 1 atom stereocenters. The Morgan fingerprint density at radius 1 is 1.34 bits per heavy atom. The summed E-state index contributed by atoms with van der Waals surface area (Å²) in [5, 5.41) is 11.0. The number of nitrogens with zero attached hydrogens (tertiary/aromatic N) is 3. The average molecular weight is 451 g/mol. The molecular formula is C20H14F5N5O2. The van der Waals surface area contributed by atoms with Gasteiger partial charge in [-0.3, -0.25) is 4.79 Å². The van der Waals surface area contributed by atoms with Gasteiger partial charge >= 0.3 is 6.18 Å². The summed E-state index contributed by atoms with van der Waals surface area (Å²) < 4.78 is 72.5. The van der Waals surface area contributed by atoms with Gasteiger partial charge in [0.1, 0.15) is 35.6 Å². The molecule has 0 unspecified atom stereocenters. The Kier molecular flexibility index (Phi) is 5.85. The summed E-state index contributed by atoms with van der Waals surface area (Å²) in [6.45, 7) is 0.375. The first-order valence-corrected chi connectivity index (χ1v) is 8.86. The third-order valence-electron chi connectivity index (χ3n) is 4.46. The lowest BCUT2D eigenvalue weighted by atomic mass is 9.90. The molecule has 2 aromatic rings. The number of nitriles is 1. The first-order valence-electron chi connectivity index (χ1n) is 8.86. The van der Waals surface area contributed by atoms with Crippen LogP contribution >= 0.6 is 0 Å². The van der Waals surface area contributed by atoms with Crippen LogP contribution in [0.5, 0.6) is 0 Å². The molecule has 3 N–H and O–H groups in total. The van der Waals surface area contributed by atoms with E-state index in [-0.39, 0.29) is 22.6 Å². The standard InChI is InChI=1S/C20H14F5N5O2/c1-19(6-12(7-21)32-18(27)30-19)13-5-11(2-3-15(13)22)29-17(31)16-14(20(23,24)25)4-10(8-26)9-28-16/h2-6,9H,7H2,1H3,(H2,27,30)(H,29,31)/t19-/m0/s1. The molecule has 1 aliphatic rings. The van der Waals surface area contributed by atoms with E-state index in [2.05, 4.69) is 15.3 Å². The summed E-state index contributed by atoms with van der Waals surface area (Å²) in [6, 6.07) is 4.81. The molecule has 0 saturated heterocycles. The number of ether oxygens (including phenoxy) is 1. The van der Waals surface area contributed by atoms with Gasteiger partial charge in [0.2, 0.25) is 0 Å². The van der Waals surface area contributed by atoms with E-state index in [0.717, 1.165) is 24.4 Å². The fraction of sp³-hybridized carbons (Fsp3) is 0.200. The molecule has 0 bridgehead atoms. The Hall–Kier alpha value is -4.01. The van der Waals surface area contributed by atoms with Crippen molar-refractivity contribution in [3.05, 3.63) is 70.5 Å². The van der Waals surface area contributed by atoms with Gasteiger partial charge in [0.05, 0.1) is 11.1 Å². The van der Waals surface area contributed by atoms with Crippen molar-refractivity contribution in [2.45, 2.75) is 18.6 Å². The van der Waals surface area contributed by atoms with Crippen molar-refractivity contribution >= 4 is 17.6 Å². The number of aromatic nitrogens is 1. The van der Waals surface area contributed by atoms with Gasteiger partial charge in [-0.05, 0) is 37.3 Å². The van der Waals surface area contributed by atoms with Crippen molar-refractivity contribution in [1.29, 1.82) is 5.26 Å². The van der Waals surface area contributed by atoms with E-state index >= 15 is 0 Å². The van der Waals surface area contributed by atoms with Gasteiger partial charge in [0.15, 0.2) is 0 Å². The molecule has 166 valence electrons. The van der Waals surface area contributed by atoms with E-state index in [0.29, 0.717) is 6.07 Å². The number of rotatable bonds is 4. The number of nitrogens with one attached hydrogen (secondary N) is 1.